The van der Waals surface area contributed by atoms with Crippen LogP contribution in [0.1, 0.15) is 27.7 Å². The van der Waals surface area contributed by atoms with Gasteiger partial charge in [0.15, 0.2) is 6.04 Å². The average molecular weight is 313 g/mol. The van der Waals surface area contributed by atoms with E-state index in [1.54, 1.807) is 6.92 Å². The van der Waals surface area contributed by atoms with Crippen molar-refractivity contribution < 1.29 is 28.6 Å². The van der Waals surface area contributed by atoms with Crippen molar-refractivity contribution in [3.63, 3.8) is 0 Å². The molecule has 0 aliphatic carbocycles. The summed E-state index contributed by atoms with van der Waals surface area (Å²) < 4.78 is 15.0. The summed E-state index contributed by atoms with van der Waals surface area (Å²) in [5, 5.41) is 0. The summed E-state index contributed by atoms with van der Waals surface area (Å²) in [6, 6.07) is -0.825. The molecular weight excluding hydrogens is 290 g/mol. The van der Waals surface area contributed by atoms with Crippen molar-refractivity contribution in [2.75, 3.05) is 20.3 Å². The minimum absolute atomic E-state index is 0.0631. The summed E-state index contributed by atoms with van der Waals surface area (Å²) in [5.41, 5.74) is -0.393. The molecule has 1 saturated heterocycles. The Hall–Kier alpha value is -1.89. The number of carbonyl (C=O) groups is 3. The molecule has 0 aromatic heterocycles. The fourth-order valence-electron chi connectivity index (χ4n) is 2.18. The van der Waals surface area contributed by atoms with Crippen molar-refractivity contribution in [3.8, 4) is 0 Å². The van der Waals surface area contributed by atoms with Crippen LogP contribution in [-0.4, -0.2) is 55.3 Å². The Kier molecular flexibility index (Phi) is 6.11. The molecule has 0 N–H and O–H groups in total. The normalized spacial score (nSPS) is 22.0. The van der Waals surface area contributed by atoms with Gasteiger partial charge in [-0.15, -0.1) is 0 Å². The van der Waals surface area contributed by atoms with Crippen LogP contribution in [0.25, 0.3) is 0 Å². The molecule has 0 unspecified atom stereocenters. The first-order valence-corrected chi connectivity index (χ1v) is 7.09. The van der Waals surface area contributed by atoms with Crippen molar-refractivity contribution in [1.82, 2.24) is 4.90 Å². The molecule has 1 amide bonds. The van der Waals surface area contributed by atoms with Gasteiger partial charge in [0.2, 0.25) is 5.91 Å². The van der Waals surface area contributed by atoms with Gasteiger partial charge in [0.05, 0.1) is 20.3 Å². The molecule has 1 heterocycles. The third-order valence-corrected chi connectivity index (χ3v) is 3.12. The van der Waals surface area contributed by atoms with E-state index in [1.807, 2.05) is 20.8 Å². The van der Waals surface area contributed by atoms with Gasteiger partial charge < -0.3 is 14.2 Å². The second-order valence-electron chi connectivity index (χ2n) is 5.92. The summed E-state index contributed by atoms with van der Waals surface area (Å²) >= 11 is 0. The standard InChI is InChI=1S/C15H23NO6/c1-6-21-12(18)8-7-11(17)16-10(13(19)20-5)9-22-14(16)15(2,3)4/h7-8,10,14H,6,9H2,1-5H3/b8-7+/t10-,14+/m0/s1. The quantitative estimate of drug-likeness (QED) is 0.566. The fraction of sp³-hybridized carbons (Fsp3) is 0.667. The zero-order chi connectivity index (χ0) is 16.9. The third-order valence-electron chi connectivity index (χ3n) is 3.12. The number of hydrogen-bond donors (Lipinski definition) is 0. The minimum atomic E-state index is -0.825. The van der Waals surface area contributed by atoms with Crippen LogP contribution in [0.4, 0.5) is 0 Å². The highest BCUT2D eigenvalue weighted by Crippen LogP contribution is 2.32. The second kappa shape index (κ2) is 7.40. The molecule has 7 nitrogen and oxygen atoms in total. The van der Waals surface area contributed by atoms with E-state index in [4.69, 9.17) is 14.2 Å². The SMILES string of the molecule is CCOC(=O)/C=C/C(=O)N1[C@H](C(=O)OC)CO[C@@H]1C(C)(C)C. The number of methoxy groups -OCH3 is 1. The van der Waals surface area contributed by atoms with E-state index in [2.05, 4.69) is 0 Å². The Labute approximate surface area is 130 Å². The Morgan fingerprint density at radius 1 is 1.27 bits per heavy atom. The first-order chi connectivity index (χ1) is 10.2. The Morgan fingerprint density at radius 3 is 2.41 bits per heavy atom. The zero-order valence-electron chi connectivity index (χ0n) is 13.6. The first-order valence-electron chi connectivity index (χ1n) is 7.09. The largest absolute Gasteiger partial charge is 0.467 e. The maximum Gasteiger partial charge on any atom is 0.331 e. The molecule has 124 valence electrons. The van der Waals surface area contributed by atoms with E-state index in [9.17, 15) is 14.4 Å². The van der Waals surface area contributed by atoms with Gasteiger partial charge >= 0.3 is 11.9 Å². The lowest BCUT2D eigenvalue weighted by atomic mass is 9.93. The van der Waals surface area contributed by atoms with Gasteiger partial charge in [-0.2, -0.15) is 0 Å². The highest BCUT2D eigenvalue weighted by Gasteiger charge is 2.46. The number of carbonyl (C=O) groups excluding carboxylic acids is 3. The van der Waals surface area contributed by atoms with Crippen molar-refractivity contribution in [2.24, 2.45) is 5.41 Å². The molecule has 0 aromatic carbocycles. The maximum absolute atomic E-state index is 12.4. The van der Waals surface area contributed by atoms with Crippen LogP contribution in [0.15, 0.2) is 12.2 Å². The van der Waals surface area contributed by atoms with Gasteiger partial charge in [-0.05, 0) is 6.92 Å². The molecule has 22 heavy (non-hydrogen) atoms. The smallest absolute Gasteiger partial charge is 0.331 e. The molecule has 1 rings (SSSR count). The molecule has 2 atom stereocenters. The van der Waals surface area contributed by atoms with Gasteiger partial charge in [0, 0.05) is 17.6 Å². The minimum Gasteiger partial charge on any atom is -0.467 e. The summed E-state index contributed by atoms with van der Waals surface area (Å²) in [7, 11) is 1.25. The lowest BCUT2D eigenvalue weighted by Gasteiger charge is -2.34. The molecule has 0 radical (unpaired) electrons. The molecule has 7 heteroatoms. The van der Waals surface area contributed by atoms with Crippen LogP contribution < -0.4 is 0 Å². The highest BCUT2D eigenvalue weighted by atomic mass is 16.5. The average Bonchev–Trinajstić information content (AvgIpc) is 2.89. The van der Waals surface area contributed by atoms with Crippen LogP contribution in [-0.2, 0) is 28.6 Å². The van der Waals surface area contributed by atoms with Crippen molar-refractivity contribution in [1.29, 1.82) is 0 Å². The van der Waals surface area contributed by atoms with Crippen LogP contribution >= 0.6 is 0 Å². The topological polar surface area (TPSA) is 82.1 Å². The Morgan fingerprint density at radius 2 is 1.91 bits per heavy atom. The lowest BCUT2D eigenvalue weighted by Crippen LogP contribution is -2.49. The third kappa shape index (κ3) is 4.30. The molecule has 0 bridgehead atoms. The van der Waals surface area contributed by atoms with Crippen molar-refractivity contribution in [2.45, 2.75) is 40.0 Å². The van der Waals surface area contributed by atoms with E-state index in [-0.39, 0.29) is 13.2 Å². The van der Waals surface area contributed by atoms with Crippen molar-refractivity contribution >= 4 is 17.8 Å². The number of hydrogen-bond acceptors (Lipinski definition) is 6. The van der Waals surface area contributed by atoms with Crippen LogP contribution in [0, 0.1) is 5.41 Å². The van der Waals surface area contributed by atoms with E-state index >= 15 is 0 Å². The first kappa shape index (κ1) is 18.2. The molecule has 1 fully saturated rings. The molecule has 0 saturated carbocycles. The predicted molar refractivity (Wildman–Crippen MR) is 77.6 cm³/mol. The Bertz CT molecular complexity index is 465. The summed E-state index contributed by atoms with van der Waals surface area (Å²) in [5.74, 6) is -1.66. The maximum atomic E-state index is 12.4. The Balaban J connectivity index is 2.97. The number of amides is 1. The van der Waals surface area contributed by atoms with Gasteiger partial charge in [-0.3, -0.25) is 9.69 Å². The summed E-state index contributed by atoms with van der Waals surface area (Å²) in [6.07, 6.45) is 1.54. The van der Waals surface area contributed by atoms with Crippen LogP contribution in [0.2, 0.25) is 0 Å². The molecule has 1 aliphatic rings. The van der Waals surface area contributed by atoms with E-state index in [1.165, 1.54) is 12.0 Å². The molecule has 0 spiro atoms. The number of esters is 2. The van der Waals surface area contributed by atoms with Gasteiger partial charge in [-0.1, -0.05) is 20.8 Å². The summed E-state index contributed by atoms with van der Waals surface area (Å²) in [6.45, 7) is 7.64. The van der Waals surface area contributed by atoms with Crippen LogP contribution in [0.5, 0.6) is 0 Å². The second-order valence-corrected chi connectivity index (χ2v) is 5.92. The van der Waals surface area contributed by atoms with Gasteiger partial charge in [0.25, 0.3) is 0 Å². The highest BCUT2D eigenvalue weighted by molar-refractivity contribution is 5.96. The molecule has 0 aromatic rings. The lowest BCUT2D eigenvalue weighted by molar-refractivity contribution is -0.153. The number of rotatable bonds is 4. The van der Waals surface area contributed by atoms with Gasteiger partial charge in [0.1, 0.15) is 6.23 Å². The zero-order valence-corrected chi connectivity index (χ0v) is 13.6. The van der Waals surface area contributed by atoms with E-state index < -0.39 is 35.5 Å². The van der Waals surface area contributed by atoms with E-state index in [0.717, 1.165) is 12.2 Å². The van der Waals surface area contributed by atoms with E-state index in [0.29, 0.717) is 0 Å². The molecule has 1 aliphatic heterocycles. The number of ether oxygens (including phenoxy) is 3. The van der Waals surface area contributed by atoms with Crippen LogP contribution in [0.3, 0.4) is 0 Å². The number of nitrogens with zero attached hydrogens (tertiary/aromatic N) is 1. The van der Waals surface area contributed by atoms with Crippen molar-refractivity contribution in [3.05, 3.63) is 12.2 Å². The fourth-order valence-corrected chi connectivity index (χ4v) is 2.18. The molecular formula is C15H23NO6. The monoisotopic (exact) mass is 313 g/mol. The predicted octanol–water partition coefficient (Wildman–Crippen LogP) is 0.878. The van der Waals surface area contributed by atoms with Gasteiger partial charge in [-0.25, -0.2) is 9.59 Å². The summed E-state index contributed by atoms with van der Waals surface area (Å²) in [4.78, 5) is 36.8.